The topological polar surface area (TPSA) is 101 Å². The third-order valence-electron chi connectivity index (χ3n) is 5.07. The van der Waals surface area contributed by atoms with Crippen molar-refractivity contribution in [3.63, 3.8) is 0 Å². The smallest absolute Gasteiger partial charge is 0.243 e. The predicted molar refractivity (Wildman–Crippen MR) is 118 cm³/mol. The third kappa shape index (κ3) is 4.63. The van der Waals surface area contributed by atoms with Crippen LogP contribution in [0, 0.1) is 12.7 Å². The highest BCUT2D eigenvalue weighted by Crippen LogP contribution is 2.25. The van der Waals surface area contributed by atoms with E-state index in [0.29, 0.717) is 36.4 Å². The fraction of sp³-hybridized carbons (Fsp3) is 0.286. The molecule has 0 atom stereocenters. The number of sulfonamides is 1. The van der Waals surface area contributed by atoms with E-state index in [1.165, 1.54) is 23.5 Å². The van der Waals surface area contributed by atoms with Crippen molar-refractivity contribution >= 4 is 27.5 Å². The number of hydrogen-bond donors (Lipinski definition) is 1. The highest BCUT2D eigenvalue weighted by molar-refractivity contribution is 7.89. The first kappa shape index (κ1) is 21.9. The average molecular weight is 459 g/mol. The van der Waals surface area contributed by atoms with Gasteiger partial charge < -0.3 is 15.0 Å². The largest absolute Gasteiger partial charge is 0.494 e. The van der Waals surface area contributed by atoms with Crippen LogP contribution in [-0.2, 0) is 10.0 Å². The summed E-state index contributed by atoms with van der Waals surface area (Å²) in [7, 11) is -2.48. The van der Waals surface area contributed by atoms with Crippen molar-refractivity contribution in [1.29, 1.82) is 0 Å². The van der Waals surface area contributed by atoms with E-state index in [1.807, 2.05) is 29.2 Å². The number of rotatable bonds is 6. The van der Waals surface area contributed by atoms with Gasteiger partial charge in [0.05, 0.1) is 12.0 Å². The molecule has 9 nitrogen and oxygen atoms in total. The number of anilines is 3. The summed E-state index contributed by atoms with van der Waals surface area (Å²) in [6, 6.07) is 11.0. The second-order valence-corrected chi connectivity index (χ2v) is 9.12. The van der Waals surface area contributed by atoms with Crippen LogP contribution in [0.5, 0.6) is 5.75 Å². The van der Waals surface area contributed by atoms with Crippen molar-refractivity contribution in [2.45, 2.75) is 11.8 Å². The van der Waals surface area contributed by atoms with Gasteiger partial charge in [-0.05, 0) is 37.3 Å². The van der Waals surface area contributed by atoms with Crippen molar-refractivity contribution in [3.05, 3.63) is 60.3 Å². The van der Waals surface area contributed by atoms with Crippen molar-refractivity contribution in [2.24, 2.45) is 0 Å². The Morgan fingerprint density at radius 3 is 2.47 bits per heavy atom. The number of pyridine rings is 1. The molecular formula is C21H23FN6O3S. The Bertz CT molecular complexity index is 1200. The van der Waals surface area contributed by atoms with E-state index in [1.54, 1.807) is 13.1 Å². The molecule has 1 aliphatic heterocycles. The van der Waals surface area contributed by atoms with Gasteiger partial charge in [-0.25, -0.2) is 27.8 Å². The van der Waals surface area contributed by atoms with Gasteiger partial charge in [-0.2, -0.15) is 4.31 Å². The van der Waals surface area contributed by atoms with E-state index in [0.717, 1.165) is 6.07 Å². The molecule has 0 aliphatic carbocycles. The van der Waals surface area contributed by atoms with Crippen LogP contribution in [0.3, 0.4) is 0 Å². The lowest BCUT2D eigenvalue weighted by Gasteiger charge is -2.34. The summed E-state index contributed by atoms with van der Waals surface area (Å²) in [5.41, 5.74) is 0. The minimum atomic E-state index is -3.81. The maximum absolute atomic E-state index is 14.0. The molecule has 0 saturated carbocycles. The summed E-state index contributed by atoms with van der Waals surface area (Å²) < 4.78 is 46.1. The molecule has 0 spiro atoms. The van der Waals surface area contributed by atoms with E-state index in [2.05, 4.69) is 20.3 Å². The molecular weight excluding hydrogens is 435 g/mol. The molecule has 1 fully saturated rings. The Morgan fingerprint density at radius 2 is 1.81 bits per heavy atom. The van der Waals surface area contributed by atoms with Crippen LogP contribution in [0.15, 0.2) is 53.6 Å². The highest BCUT2D eigenvalue weighted by atomic mass is 32.2. The highest BCUT2D eigenvalue weighted by Gasteiger charge is 2.30. The second-order valence-electron chi connectivity index (χ2n) is 7.19. The zero-order valence-electron chi connectivity index (χ0n) is 17.7. The molecule has 3 aromatic rings. The fourth-order valence-corrected chi connectivity index (χ4v) is 4.89. The summed E-state index contributed by atoms with van der Waals surface area (Å²) in [5.74, 6) is 1.85. The van der Waals surface area contributed by atoms with E-state index in [9.17, 15) is 12.8 Å². The van der Waals surface area contributed by atoms with Gasteiger partial charge in [-0.3, -0.25) is 0 Å². The summed E-state index contributed by atoms with van der Waals surface area (Å²) in [5, 5.41) is 3.15. The predicted octanol–water partition coefficient (Wildman–Crippen LogP) is 2.58. The van der Waals surface area contributed by atoms with Crippen LogP contribution in [0.25, 0.3) is 0 Å². The van der Waals surface area contributed by atoms with E-state index in [4.69, 9.17) is 4.74 Å². The van der Waals surface area contributed by atoms with Crippen LogP contribution in [-0.4, -0.2) is 61.0 Å². The lowest BCUT2D eigenvalue weighted by atomic mass is 10.3. The minimum Gasteiger partial charge on any atom is -0.494 e. The van der Waals surface area contributed by atoms with E-state index in [-0.39, 0.29) is 23.7 Å². The number of hydrogen-bond acceptors (Lipinski definition) is 8. The molecule has 1 N–H and O–H groups in total. The Labute approximate surface area is 185 Å². The number of aryl methyl sites for hydroxylation is 1. The first-order valence-electron chi connectivity index (χ1n) is 9.99. The molecule has 32 heavy (non-hydrogen) atoms. The number of nitrogens with zero attached hydrogens (tertiary/aromatic N) is 5. The Morgan fingerprint density at radius 1 is 1.03 bits per heavy atom. The van der Waals surface area contributed by atoms with Crippen molar-refractivity contribution in [2.75, 3.05) is 43.5 Å². The summed E-state index contributed by atoms with van der Waals surface area (Å²) in [6.07, 6.45) is 1.69. The molecule has 11 heteroatoms. The van der Waals surface area contributed by atoms with Gasteiger partial charge in [0.15, 0.2) is 11.6 Å². The van der Waals surface area contributed by atoms with Crippen molar-refractivity contribution in [3.8, 4) is 5.75 Å². The number of benzene rings is 1. The normalized spacial score (nSPS) is 14.9. The molecule has 168 valence electrons. The Kier molecular flexibility index (Phi) is 6.19. The fourth-order valence-electron chi connectivity index (χ4n) is 3.46. The van der Waals surface area contributed by atoms with E-state index >= 15 is 0 Å². The monoisotopic (exact) mass is 458 g/mol. The number of halogens is 1. The van der Waals surface area contributed by atoms with Gasteiger partial charge in [-0.15, -0.1) is 0 Å². The molecule has 0 unspecified atom stereocenters. The van der Waals surface area contributed by atoms with Gasteiger partial charge in [0.1, 0.15) is 23.3 Å². The molecule has 1 aliphatic rings. The minimum absolute atomic E-state index is 0.00279. The van der Waals surface area contributed by atoms with Crippen molar-refractivity contribution < 1.29 is 17.5 Å². The molecule has 0 radical (unpaired) electrons. The number of piperazine rings is 1. The number of ether oxygens (including phenoxy) is 1. The first-order valence-corrected chi connectivity index (χ1v) is 11.4. The van der Waals surface area contributed by atoms with E-state index < -0.39 is 15.8 Å². The zero-order valence-corrected chi connectivity index (χ0v) is 18.5. The van der Waals surface area contributed by atoms with Gasteiger partial charge in [0.25, 0.3) is 0 Å². The summed E-state index contributed by atoms with van der Waals surface area (Å²) in [4.78, 5) is 15.0. The lowest BCUT2D eigenvalue weighted by molar-refractivity contribution is 0.379. The van der Waals surface area contributed by atoms with Gasteiger partial charge in [-0.1, -0.05) is 6.07 Å². The van der Waals surface area contributed by atoms with Gasteiger partial charge in [0.2, 0.25) is 10.0 Å². The summed E-state index contributed by atoms with van der Waals surface area (Å²) >= 11 is 0. The number of aromatic nitrogens is 3. The zero-order chi connectivity index (χ0) is 22.7. The van der Waals surface area contributed by atoms with Crippen LogP contribution in [0.2, 0.25) is 0 Å². The number of methoxy groups -OCH3 is 1. The Balaban J connectivity index is 1.47. The van der Waals surface area contributed by atoms with Crippen LogP contribution >= 0.6 is 0 Å². The lowest BCUT2D eigenvalue weighted by Crippen LogP contribution is -2.49. The van der Waals surface area contributed by atoms with Crippen LogP contribution in [0.1, 0.15) is 5.82 Å². The molecule has 3 heterocycles. The Hall–Kier alpha value is -3.31. The second kappa shape index (κ2) is 9.05. The molecule has 2 aromatic heterocycles. The maximum atomic E-state index is 14.0. The summed E-state index contributed by atoms with van der Waals surface area (Å²) in [6.45, 7) is 3.19. The van der Waals surface area contributed by atoms with Gasteiger partial charge in [0, 0.05) is 38.4 Å². The quantitative estimate of drug-likeness (QED) is 0.602. The average Bonchev–Trinajstić information content (AvgIpc) is 2.79. The molecule has 4 rings (SSSR count). The molecule has 0 amide bonds. The van der Waals surface area contributed by atoms with Crippen LogP contribution in [0.4, 0.5) is 21.8 Å². The first-order chi connectivity index (χ1) is 15.4. The van der Waals surface area contributed by atoms with Crippen LogP contribution < -0.4 is 15.0 Å². The third-order valence-corrected chi connectivity index (χ3v) is 6.96. The van der Waals surface area contributed by atoms with Gasteiger partial charge >= 0.3 is 0 Å². The molecule has 0 bridgehead atoms. The standard InChI is InChI=1S/C21H23FN6O3S/c1-15-24-20(26-19-5-3-4-8-23-19)14-21(25-15)27-9-11-28(12-10-27)32(29,30)16-6-7-18(31-2)17(22)13-16/h3-8,13-14H,9-12H2,1-2H3,(H,23,24,25,26). The SMILES string of the molecule is COc1ccc(S(=O)(=O)N2CCN(c3cc(Nc4ccccn4)nc(C)n3)CC2)cc1F. The maximum Gasteiger partial charge on any atom is 0.243 e. The molecule has 1 saturated heterocycles. The van der Waals surface area contributed by atoms with Crippen molar-refractivity contribution in [1.82, 2.24) is 19.3 Å². The number of nitrogens with one attached hydrogen (secondary N) is 1. The molecule has 1 aromatic carbocycles.